The molecule has 1 fully saturated rings. The quantitative estimate of drug-likeness (QED) is 0.808. The van der Waals surface area contributed by atoms with E-state index < -0.39 is 0 Å². The van der Waals surface area contributed by atoms with Gasteiger partial charge in [0.2, 0.25) is 0 Å². The average Bonchev–Trinajstić information content (AvgIpc) is 3.24. The maximum Gasteiger partial charge on any atom is 0.147 e. The van der Waals surface area contributed by atoms with Crippen molar-refractivity contribution in [2.75, 3.05) is 0 Å². The SMILES string of the molecule is Cc1ccc(CC(=O)C2(c3ccccc3)CC2)c(Cl)c1. The summed E-state index contributed by atoms with van der Waals surface area (Å²) in [5, 5.41) is 0.696. The summed E-state index contributed by atoms with van der Waals surface area (Å²) in [6.45, 7) is 2.00. The lowest BCUT2D eigenvalue weighted by atomic mass is 9.88. The van der Waals surface area contributed by atoms with Gasteiger partial charge in [0.05, 0.1) is 5.41 Å². The van der Waals surface area contributed by atoms with Gasteiger partial charge >= 0.3 is 0 Å². The van der Waals surface area contributed by atoms with Crippen molar-refractivity contribution in [1.82, 2.24) is 0 Å². The molecule has 102 valence electrons. The molecule has 0 aromatic heterocycles. The number of halogens is 1. The molecular weight excluding hydrogens is 268 g/mol. The normalized spacial score (nSPS) is 15.9. The number of hydrogen-bond donors (Lipinski definition) is 0. The first-order valence-corrected chi connectivity index (χ1v) is 7.33. The fraction of sp³-hybridized carbons (Fsp3) is 0.278. The Morgan fingerprint density at radius 1 is 1.15 bits per heavy atom. The fourth-order valence-corrected chi connectivity index (χ4v) is 3.05. The second-order valence-corrected chi connectivity index (χ2v) is 6.05. The maximum atomic E-state index is 12.7. The molecule has 0 atom stereocenters. The first-order chi connectivity index (χ1) is 9.62. The molecule has 0 saturated heterocycles. The van der Waals surface area contributed by atoms with Crippen LogP contribution in [-0.2, 0) is 16.6 Å². The van der Waals surface area contributed by atoms with Crippen molar-refractivity contribution in [1.29, 1.82) is 0 Å². The van der Waals surface area contributed by atoms with E-state index in [1.165, 1.54) is 0 Å². The molecule has 1 saturated carbocycles. The van der Waals surface area contributed by atoms with E-state index in [4.69, 9.17) is 11.6 Å². The van der Waals surface area contributed by atoms with Crippen LogP contribution in [0.1, 0.15) is 29.5 Å². The Balaban J connectivity index is 1.83. The van der Waals surface area contributed by atoms with Crippen molar-refractivity contribution >= 4 is 17.4 Å². The summed E-state index contributed by atoms with van der Waals surface area (Å²) in [7, 11) is 0. The van der Waals surface area contributed by atoms with E-state index in [2.05, 4.69) is 12.1 Å². The van der Waals surface area contributed by atoms with Crippen LogP contribution in [0.15, 0.2) is 48.5 Å². The highest BCUT2D eigenvalue weighted by atomic mass is 35.5. The molecule has 0 unspecified atom stereocenters. The van der Waals surface area contributed by atoms with Crippen molar-refractivity contribution in [2.24, 2.45) is 0 Å². The average molecular weight is 285 g/mol. The molecular formula is C18H17ClO. The zero-order valence-corrected chi connectivity index (χ0v) is 12.3. The molecule has 3 rings (SSSR count). The van der Waals surface area contributed by atoms with Gasteiger partial charge in [-0.05, 0) is 42.5 Å². The second kappa shape index (κ2) is 5.06. The van der Waals surface area contributed by atoms with Crippen LogP contribution in [0.4, 0.5) is 0 Å². The lowest BCUT2D eigenvalue weighted by molar-refractivity contribution is -0.120. The number of hydrogen-bond acceptors (Lipinski definition) is 1. The van der Waals surface area contributed by atoms with Crippen molar-refractivity contribution in [2.45, 2.75) is 31.6 Å². The van der Waals surface area contributed by atoms with Crippen molar-refractivity contribution in [3.8, 4) is 0 Å². The maximum absolute atomic E-state index is 12.7. The van der Waals surface area contributed by atoms with Crippen molar-refractivity contribution < 1.29 is 4.79 Å². The number of benzene rings is 2. The zero-order chi connectivity index (χ0) is 14.2. The van der Waals surface area contributed by atoms with Crippen LogP contribution in [0.2, 0.25) is 5.02 Å². The van der Waals surface area contributed by atoms with Crippen LogP contribution in [0.3, 0.4) is 0 Å². The lowest BCUT2D eigenvalue weighted by Gasteiger charge is -2.15. The Bertz CT molecular complexity index is 642. The number of carbonyl (C=O) groups excluding carboxylic acids is 1. The number of ketones is 1. The molecule has 0 N–H and O–H groups in total. The molecule has 2 aromatic carbocycles. The zero-order valence-electron chi connectivity index (χ0n) is 11.5. The molecule has 1 nitrogen and oxygen atoms in total. The third kappa shape index (κ3) is 2.38. The number of Topliss-reactive ketones (excluding diaryl/α,β-unsaturated/α-hetero) is 1. The third-order valence-corrected chi connectivity index (χ3v) is 4.52. The van der Waals surface area contributed by atoms with Gasteiger partial charge in [0.15, 0.2) is 0 Å². The summed E-state index contributed by atoms with van der Waals surface area (Å²) in [5.41, 5.74) is 2.95. The standard InChI is InChI=1S/C18H17ClO/c1-13-7-8-14(16(19)11-13)12-17(20)18(9-10-18)15-5-3-2-4-6-15/h2-8,11H,9-10,12H2,1H3. The molecule has 0 spiro atoms. The van der Waals surface area contributed by atoms with Gasteiger partial charge in [-0.1, -0.05) is 54.1 Å². The summed E-state index contributed by atoms with van der Waals surface area (Å²) in [6, 6.07) is 16.0. The first-order valence-electron chi connectivity index (χ1n) is 6.96. The van der Waals surface area contributed by atoms with Crippen LogP contribution in [0, 0.1) is 6.92 Å². The van der Waals surface area contributed by atoms with Gasteiger partial charge in [-0.25, -0.2) is 0 Å². The monoisotopic (exact) mass is 284 g/mol. The van der Waals surface area contributed by atoms with E-state index in [0.717, 1.165) is 29.5 Å². The predicted molar refractivity (Wildman–Crippen MR) is 82.3 cm³/mol. The fourth-order valence-electron chi connectivity index (χ4n) is 2.75. The van der Waals surface area contributed by atoms with Gasteiger partial charge < -0.3 is 0 Å². The molecule has 0 amide bonds. The summed E-state index contributed by atoms with van der Waals surface area (Å²) >= 11 is 6.24. The Morgan fingerprint density at radius 3 is 2.45 bits per heavy atom. The minimum Gasteiger partial charge on any atom is -0.298 e. The van der Waals surface area contributed by atoms with Crippen LogP contribution in [0.25, 0.3) is 0 Å². The molecule has 2 aromatic rings. The van der Waals surface area contributed by atoms with Gasteiger partial charge in [-0.2, -0.15) is 0 Å². The highest BCUT2D eigenvalue weighted by molar-refractivity contribution is 6.31. The highest BCUT2D eigenvalue weighted by Crippen LogP contribution is 2.49. The second-order valence-electron chi connectivity index (χ2n) is 5.64. The van der Waals surface area contributed by atoms with Crippen LogP contribution >= 0.6 is 11.6 Å². The molecule has 0 radical (unpaired) electrons. The number of aryl methyl sites for hydroxylation is 1. The van der Waals surface area contributed by atoms with Gasteiger partial charge in [0.1, 0.15) is 5.78 Å². The lowest BCUT2D eigenvalue weighted by Crippen LogP contribution is -2.22. The minimum atomic E-state index is -0.254. The Morgan fingerprint density at radius 2 is 1.85 bits per heavy atom. The van der Waals surface area contributed by atoms with E-state index in [-0.39, 0.29) is 11.2 Å². The largest absolute Gasteiger partial charge is 0.298 e. The summed E-state index contributed by atoms with van der Waals surface area (Å²) in [6.07, 6.45) is 2.34. The molecule has 0 aliphatic heterocycles. The van der Waals surface area contributed by atoms with Crippen LogP contribution < -0.4 is 0 Å². The van der Waals surface area contributed by atoms with E-state index in [1.807, 2.05) is 43.3 Å². The van der Waals surface area contributed by atoms with E-state index in [9.17, 15) is 4.79 Å². The van der Waals surface area contributed by atoms with Gasteiger partial charge in [0.25, 0.3) is 0 Å². The van der Waals surface area contributed by atoms with Crippen molar-refractivity contribution in [3.63, 3.8) is 0 Å². The Hall–Kier alpha value is -1.60. The van der Waals surface area contributed by atoms with E-state index in [1.54, 1.807) is 0 Å². The molecule has 0 heterocycles. The van der Waals surface area contributed by atoms with E-state index in [0.29, 0.717) is 11.4 Å². The molecule has 1 aliphatic carbocycles. The molecule has 2 heteroatoms. The highest BCUT2D eigenvalue weighted by Gasteiger charge is 2.50. The molecule has 20 heavy (non-hydrogen) atoms. The van der Waals surface area contributed by atoms with Gasteiger partial charge in [-0.15, -0.1) is 0 Å². The first kappa shape index (κ1) is 13.4. The number of carbonyl (C=O) groups is 1. The predicted octanol–water partition coefficient (Wildman–Crippen LogP) is 4.49. The van der Waals surface area contributed by atoms with E-state index >= 15 is 0 Å². The van der Waals surface area contributed by atoms with Crippen LogP contribution in [-0.4, -0.2) is 5.78 Å². The van der Waals surface area contributed by atoms with Gasteiger partial charge in [0, 0.05) is 11.4 Å². The Kier molecular flexibility index (Phi) is 3.39. The van der Waals surface area contributed by atoms with Crippen LogP contribution in [0.5, 0.6) is 0 Å². The topological polar surface area (TPSA) is 17.1 Å². The molecule has 1 aliphatic rings. The number of rotatable bonds is 4. The van der Waals surface area contributed by atoms with Crippen molar-refractivity contribution in [3.05, 3.63) is 70.2 Å². The smallest absolute Gasteiger partial charge is 0.147 e. The van der Waals surface area contributed by atoms with Gasteiger partial charge in [-0.3, -0.25) is 4.79 Å². The molecule has 0 bridgehead atoms. The third-order valence-electron chi connectivity index (χ3n) is 4.17. The summed E-state index contributed by atoms with van der Waals surface area (Å²) < 4.78 is 0. The minimum absolute atomic E-state index is 0.254. The summed E-state index contributed by atoms with van der Waals surface area (Å²) in [4.78, 5) is 12.7. The Labute approximate surface area is 124 Å². The summed E-state index contributed by atoms with van der Waals surface area (Å²) in [5.74, 6) is 0.287.